The van der Waals surface area contributed by atoms with Crippen molar-refractivity contribution in [1.82, 2.24) is 20.0 Å². The summed E-state index contributed by atoms with van der Waals surface area (Å²) in [7, 11) is 0. The largest absolute Gasteiger partial charge is 0.472 e. The molecule has 2 aromatic heterocycles. The summed E-state index contributed by atoms with van der Waals surface area (Å²) >= 11 is 0. The Bertz CT molecular complexity index is 777. The van der Waals surface area contributed by atoms with Crippen LogP contribution in [0.4, 0.5) is 0 Å². The predicted molar refractivity (Wildman–Crippen MR) is 99.5 cm³/mol. The Morgan fingerprint density at radius 2 is 1.74 bits per heavy atom. The van der Waals surface area contributed by atoms with Gasteiger partial charge in [0, 0.05) is 32.1 Å². The van der Waals surface area contributed by atoms with Crippen molar-refractivity contribution < 1.29 is 14.0 Å². The second kappa shape index (κ2) is 7.98. The van der Waals surface area contributed by atoms with Gasteiger partial charge in [0.15, 0.2) is 0 Å². The third kappa shape index (κ3) is 3.77. The molecule has 1 N–H and O–H groups in total. The number of carbonyl (C=O) groups excluding carboxylic acids is 2. The van der Waals surface area contributed by atoms with E-state index >= 15 is 0 Å². The highest BCUT2D eigenvalue weighted by Gasteiger charge is 2.28. The number of aromatic amines is 1. The lowest BCUT2D eigenvalue weighted by molar-refractivity contribution is 0.0717. The lowest BCUT2D eigenvalue weighted by atomic mass is 9.85. The second-order valence-electron chi connectivity index (χ2n) is 7.48. The summed E-state index contributed by atoms with van der Waals surface area (Å²) in [5.74, 6) is 0.400. The molecule has 0 atom stereocenters. The number of furan rings is 1. The maximum atomic E-state index is 13.1. The van der Waals surface area contributed by atoms with Crippen LogP contribution in [0, 0.1) is 0 Å². The zero-order chi connectivity index (χ0) is 18.6. The van der Waals surface area contributed by atoms with Crippen molar-refractivity contribution in [3.05, 3.63) is 41.6 Å². The average Bonchev–Trinajstić information content (AvgIpc) is 3.35. The molecular formula is C20H26N4O3. The molecule has 4 rings (SSSR count). The smallest absolute Gasteiger partial charge is 0.257 e. The van der Waals surface area contributed by atoms with E-state index in [2.05, 4.69) is 10.2 Å². The Balaban J connectivity index is 1.43. The van der Waals surface area contributed by atoms with Crippen LogP contribution in [0.15, 0.2) is 29.2 Å². The molecule has 0 aromatic carbocycles. The molecule has 7 nitrogen and oxygen atoms in total. The Kier molecular flexibility index (Phi) is 5.27. The third-order valence-electron chi connectivity index (χ3n) is 5.75. The first-order valence-corrected chi connectivity index (χ1v) is 9.88. The molecule has 0 unspecified atom stereocenters. The fourth-order valence-corrected chi connectivity index (χ4v) is 4.23. The van der Waals surface area contributed by atoms with E-state index in [1.54, 1.807) is 17.2 Å². The Morgan fingerprint density at radius 3 is 2.44 bits per heavy atom. The minimum Gasteiger partial charge on any atom is -0.472 e. The Hall–Kier alpha value is -2.57. The van der Waals surface area contributed by atoms with Crippen molar-refractivity contribution in [2.45, 2.75) is 44.4 Å². The first-order chi connectivity index (χ1) is 13.2. The minimum absolute atomic E-state index is 0.0296. The maximum absolute atomic E-state index is 13.1. The molecule has 7 heteroatoms. The van der Waals surface area contributed by atoms with Crippen LogP contribution < -0.4 is 0 Å². The predicted octanol–water partition coefficient (Wildman–Crippen LogP) is 3.04. The fourth-order valence-electron chi connectivity index (χ4n) is 4.23. The van der Waals surface area contributed by atoms with Gasteiger partial charge < -0.3 is 14.2 Å². The Labute approximate surface area is 158 Å². The van der Waals surface area contributed by atoms with Crippen LogP contribution in [-0.2, 0) is 0 Å². The lowest BCUT2D eigenvalue weighted by Gasteiger charge is -2.24. The van der Waals surface area contributed by atoms with Crippen molar-refractivity contribution in [3.8, 4) is 0 Å². The summed E-state index contributed by atoms with van der Waals surface area (Å²) in [6.07, 6.45) is 11.4. The van der Waals surface area contributed by atoms with E-state index in [-0.39, 0.29) is 11.8 Å². The monoisotopic (exact) mass is 370 g/mol. The molecule has 0 radical (unpaired) electrons. The fraction of sp³-hybridized carbons (Fsp3) is 0.550. The van der Waals surface area contributed by atoms with Crippen LogP contribution in [0.5, 0.6) is 0 Å². The van der Waals surface area contributed by atoms with Gasteiger partial charge in [0.05, 0.1) is 29.3 Å². The van der Waals surface area contributed by atoms with Gasteiger partial charge in [0.2, 0.25) is 0 Å². The van der Waals surface area contributed by atoms with Crippen LogP contribution in [0.2, 0.25) is 0 Å². The van der Waals surface area contributed by atoms with Gasteiger partial charge in [0.25, 0.3) is 11.8 Å². The number of hydrogen-bond donors (Lipinski definition) is 1. The van der Waals surface area contributed by atoms with Gasteiger partial charge in [-0.3, -0.25) is 14.7 Å². The van der Waals surface area contributed by atoms with Gasteiger partial charge in [-0.2, -0.15) is 5.10 Å². The van der Waals surface area contributed by atoms with E-state index in [0.29, 0.717) is 43.2 Å². The van der Waals surface area contributed by atoms with Crippen molar-refractivity contribution in [1.29, 1.82) is 0 Å². The molecule has 2 aromatic rings. The molecule has 0 bridgehead atoms. The number of rotatable bonds is 3. The summed E-state index contributed by atoms with van der Waals surface area (Å²) in [5, 5.41) is 7.25. The maximum Gasteiger partial charge on any atom is 0.257 e. The number of hydrogen-bond acceptors (Lipinski definition) is 4. The van der Waals surface area contributed by atoms with Crippen LogP contribution in [0.3, 0.4) is 0 Å². The van der Waals surface area contributed by atoms with E-state index in [4.69, 9.17) is 4.42 Å². The van der Waals surface area contributed by atoms with Crippen LogP contribution >= 0.6 is 0 Å². The first kappa shape index (κ1) is 17.8. The van der Waals surface area contributed by atoms with Gasteiger partial charge in [0.1, 0.15) is 6.26 Å². The zero-order valence-corrected chi connectivity index (χ0v) is 15.5. The molecule has 0 spiro atoms. The number of amides is 2. The first-order valence-electron chi connectivity index (χ1n) is 9.88. The van der Waals surface area contributed by atoms with E-state index in [0.717, 1.165) is 25.0 Å². The Morgan fingerprint density at radius 1 is 1.00 bits per heavy atom. The summed E-state index contributed by atoms with van der Waals surface area (Å²) in [5.41, 5.74) is 2.26. The van der Waals surface area contributed by atoms with Crippen LogP contribution in [0.25, 0.3) is 0 Å². The molecule has 144 valence electrons. The third-order valence-corrected chi connectivity index (χ3v) is 5.75. The van der Waals surface area contributed by atoms with Crippen LogP contribution in [0.1, 0.15) is 70.9 Å². The van der Waals surface area contributed by atoms with E-state index < -0.39 is 0 Å². The number of H-pyrrole nitrogens is 1. The SMILES string of the molecule is O=C(c1ccoc1)N1CCCN(C(=O)c2cn[nH]c2C2CCCCC2)CC1. The summed E-state index contributed by atoms with van der Waals surface area (Å²) in [6, 6.07) is 1.68. The summed E-state index contributed by atoms with van der Waals surface area (Å²) in [4.78, 5) is 29.3. The molecule has 1 saturated heterocycles. The van der Waals surface area contributed by atoms with Crippen LogP contribution in [-0.4, -0.2) is 58.0 Å². The number of aromatic nitrogens is 2. The highest BCUT2D eigenvalue weighted by molar-refractivity contribution is 5.96. The quantitative estimate of drug-likeness (QED) is 0.900. The van der Waals surface area contributed by atoms with Crippen molar-refractivity contribution in [2.75, 3.05) is 26.2 Å². The number of nitrogens with zero attached hydrogens (tertiary/aromatic N) is 3. The minimum atomic E-state index is -0.0377. The van der Waals surface area contributed by atoms with Gasteiger partial charge in [-0.1, -0.05) is 19.3 Å². The topological polar surface area (TPSA) is 82.4 Å². The van der Waals surface area contributed by atoms with Gasteiger partial charge in [-0.15, -0.1) is 0 Å². The molecule has 1 aliphatic heterocycles. The van der Waals surface area contributed by atoms with Crippen molar-refractivity contribution in [2.24, 2.45) is 0 Å². The highest BCUT2D eigenvalue weighted by Crippen LogP contribution is 2.33. The second-order valence-corrected chi connectivity index (χ2v) is 7.48. The molecular weight excluding hydrogens is 344 g/mol. The van der Waals surface area contributed by atoms with Crippen molar-refractivity contribution >= 4 is 11.8 Å². The molecule has 2 fully saturated rings. The molecule has 27 heavy (non-hydrogen) atoms. The summed E-state index contributed by atoms with van der Waals surface area (Å²) in [6.45, 7) is 2.38. The van der Waals surface area contributed by atoms with E-state index in [1.165, 1.54) is 31.8 Å². The van der Waals surface area contributed by atoms with Gasteiger partial charge in [-0.05, 0) is 25.3 Å². The number of carbonyl (C=O) groups is 2. The van der Waals surface area contributed by atoms with E-state index in [1.807, 2.05) is 4.90 Å². The number of nitrogens with one attached hydrogen (secondary N) is 1. The normalized spacial score (nSPS) is 19.1. The molecule has 2 amide bonds. The lowest BCUT2D eigenvalue weighted by Crippen LogP contribution is -2.37. The zero-order valence-electron chi connectivity index (χ0n) is 15.5. The van der Waals surface area contributed by atoms with Crippen molar-refractivity contribution in [3.63, 3.8) is 0 Å². The average molecular weight is 370 g/mol. The highest BCUT2D eigenvalue weighted by atomic mass is 16.3. The molecule has 1 saturated carbocycles. The van der Waals surface area contributed by atoms with Gasteiger partial charge in [-0.25, -0.2) is 0 Å². The molecule has 1 aliphatic carbocycles. The standard InChI is InChI=1S/C20H26N4O3/c25-19(16-7-12-27-14-16)23-8-4-9-24(11-10-23)20(26)17-13-21-22-18(17)15-5-2-1-3-6-15/h7,12-15H,1-6,8-11H2,(H,21,22). The molecule has 3 heterocycles. The van der Waals surface area contributed by atoms with E-state index in [9.17, 15) is 9.59 Å². The van der Waals surface area contributed by atoms with Gasteiger partial charge >= 0.3 is 0 Å². The summed E-state index contributed by atoms with van der Waals surface area (Å²) < 4.78 is 5.01. The molecule has 2 aliphatic rings.